The highest BCUT2D eigenvalue weighted by Crippen LogP contribution is 2.40. The molecule has 14 heteroatoms. The fourth-order valence-corrected chi connectivity index (χ4v) is 8.71. The van der Waals surface area contributed by atoms with E-state index in [4.69, 9.17) is 21.2 Å². The van der Waals surface area contributed by atoms with Crippen molar-refractivity contribution in [2.75, 3.05) is 20.2 Å². The van der Waals surface area contributed by atoms with E-state index in [0.29, 0.717) is 36.4 Å². The number of carbonyl (C=O) groups excluding carboxylic acids is 5. The number of nitrogens with one attached hydrogen (secondary N) is 4. The first kappa shape index (κ1) is 42.7. The first-order valence-corrected chi connectivity index (χ1v) is 21.0. The molecule has 0 radical (unpaired) electrons. The average Bonchev–Trinajstić information content (AvgIpc) is 3.92. The number of carbonyl (C=O) groups is 5. The third-order valence-corrected chi connectivity index (χ3v) is 11.9. The Balaban J connectivity index is 1.17. The van der Waals surface area contributed by atoms with E-state index in [-0.39, 0.29) is 37.8 Å². The summed E-state index contributed by atoms with van der Waals surface area (Å²) in [5.41, 5.74) is 1.52. The van der Waals surface area contributed by atoms with E-state index >= 15 is 0 Å². The molecule has 58 heavy (non-hydrogen) atoms. The Morgan fingerprint density at radius 2 is 1.84 bits per heavy atom. The van der Waals surface area contributed by atoms with Crippen LogP contribution in [0.25, 0.3) is 10.9 Å². The smallest absolute Gasteiger partial charge is 0.289 e. The van der Waals surface area contributed by atoms with E-state index in [0.717, 1.165) is 53.5 Å². The Morgan fingerprint density at radius 1 is 1.07 bits per heavy atom. The summed E-state index contributed by atoms with van der Waals surface area (Å²) >= 11 is 6.29. The summed E-state index contributed by atoms with van der Waals surface area (Å²) in [7, 11) is 1.60. The highest BCUT2D eigenvalue weighted by molar-refractivity contribution is 6.38. The van der Waals surface area contributed by atoms with Crippen molar-refractivity contribution in [2.45, 2.75) is 122 Å². The van der Waals surface area contributed by atoms with Crippen LogP contribution >= 0.6 is 11.6 Å². The van der Waals surface area contributed by atoms with Crippen molar-refractivity contribution in [3.63, 3.8) is 0 Å². The molecule has 2 aromatic carbocycles. The summed E-state index contributed by atoms with van der Waals surface area (Å²) in [5.74, 6) is -1.77. The summed E-state index contributed by atoms with van der Waals surface area (Å²) in [4.78, 5) is 80.3. The number of rotatable bonds is 15. The largest absolute Gasteiger partial charge is 0.497 e. The van der Waals surface area contributed by atoms with Gasteiger partial charge in [0.05, 0.1) is 25.4 Å². The zero-order chi connectivity index (χ0) is 41.6. The highest BCUT2D eigenvalue weighted by Gasteiger charge is 2.55. The van der Waals surface area contributed by atoms with Gasteiger partial charge in [0.2, 0.25) is 23.5 Å². The van der Waals surface area contributed by atoms with Crippen LogP contribution in [0.3, 0.4) is 0 Å². The Labute approximate surface area is 345 Å². The molecule has 3 aromatic rings. The molecule has 1 saturated carbocycles. The Morgan fingerprint density at radius 3 is 2.55 bits per heavy atom. The molecule has 3 aliphatic rings. The van der Waals surface area contributed by atoms with Gasteiger partial charge in [-0.2, -0.15) is 0 Å². The number of halogens is 1. The van der Waals surface area contributed by atoms with E-state index in [2.05, 4.69) is 26.1 Å². The number of aromatic nitrogens is 1. The molecule has 3 heterocycles. The lowest BCUT2D eigenvalue weighted by molar-refractivity contribution is -0.145. The van der Waals surface area contributed by atoms with Crippen LogP contribution in [0.15, 0.2) is 53.8 Å². The third-order valence-electron chi connectivity index (χ3n) is 11.7. The first-order valence-electron chi connectivity index (χ1n) is 20.6. The Kier molecular flexibility index (Phi) is 13.5. The van der Waals surface area contributed by atoms with Crippen LogP contribution in [-0.4, -0.2) is 88.9 Å². The molecule has 13 nitrogen and oxygen atoms in total. The monoisotopic (exact) mass is 816 g/mol. The van der Waals surface area contributed by atoms with E-state index in [1.165, 1.54) is 11.3 Å². The van der Waals surface area contributed by atoms with Gasteiger partial charge in [-0.3, -0.25) is 24.0 Å². The number of H-pyrrole nitrogens is 1. The molecular weight excluding hydrogens is 760 g/mol. The minimum absolute atomic E-state index is 0.0239. The molecule has 4 amide bonds. The molecule has 1 saturated heterocycles. The van der Waals surface area contributed by atoms with Crippen molar-refractivity contribution in [3.05, 3.63) is 64.8 Å². The van der Waals surface area contributed by atoms with Crippen LogP contribution in [0, 0.1) is 11.3 Å². The van der Waals surface area contributed by atoms with Gasteiger partial charge >= 0.3 is 0 Å². The van der Waals surface area contributed by atoms with Crippen molar-refractivity contribution in [3.8, 4) is 5.75 Å². The zero-order valence-corrected chi connectivity index (χ0v) is 35.0. The molecule has 0 unspecified atom stereocenters. The summed E-state index contributed by atoms with van der Waals surface area (Å²) < 4.78 is 5.31. The number of aromatic amines is 1. The van der Waals surface area contributed by atoms with E-state index in [1.54, 1.807) is 19.2 Å². The van der Waals surface area contributed by atoms with Gasteiger partial charge in [0.15, 0.2) is 5.60 Å². The second-order valence-electron chi connectivity index (χ2n) is 17.2. The maximum atomic E-state index is 14.7. The van der Waals surface area contributed by atoms with E-state index < -0.39 is 52.6 Å². The quantitative estimate of drug-likeness (QED) is 0.136. The molecule has 4 N–H and O–H groups in total. The lowest BCUT2D eigenvalue weighted by Gasteiger charge is -2.36. The summed E-state index contributed by atoms with van der Waals surface area (Å²) in [6.07, 6.45) is 9.13. The van der Waals surface area contributed by atoms with Crippen LogP contribution < -0.4 is 20.7 Å². The van der Waals surface area contributed by atoms with Crippen LogP contribution in [-0.2, 0) is 35.2 Å². The lowest BCUT2D eigenvalue weighted by atomic mass is 9.84. The standard InChI is InChI=1S/C44H57ClN6O7/c1-6-11-33(38(53)41(55)46-19-18-29-25-47-34-22-31(57-5)16-17-32(29)34)48-40(54)36-24-44(23-35(50-58-44)28-14-10-15-30(45)21-28)26-51(36)42(56)39(43(2,3)4)49-37(52)20-27-12-8-7-9-13-27/h10,14-17,21-22,25,27,33,36,39,47H,6-9,11-13,18-20,23-24,26H2,1-5H3,(H,46,55)(H,48,54)(H,49,52)/t33-,36-,39+,44+/m0/s1. The number of ketones is 1. The normalized spacial score (nSPS) is 20.6. The minimum Gasteiger partial charge on any atom is -0.497 e. The van der Waals surface area contributed by atoms with Gasteiger partial charge in [-0.05, 0) is 66.8 Å². The molecule has 0 bridgehead atoms. The van der Waals surface area contributed by atoms with Crippen molar-refractivity contribution < 1.29 is 33.5 Å². The van der Waals surface area contributed by atoms with Gasteiger partial charge in [0, 0.05) is 59.6 Å². The highest BCUT2D eigenvalue weighted by atomic mass is 35.5. The van der Waals surface area contributed by atoms with Gasteiger partial charge in [-0.25, -0.2) is 0 Å². The van der Waals surface area contributed by atoms with Crippen LogP contribution in [0.1, 0.15) is 103 Å². The lowest BCUT2D eigenvalue weighted by Crippen LogP contribution is -2.59. The molecule has 2 aliphatic heterocycles. The number of hydrogen-bond donors (Lipinski definition) is 4. The number of nitrogens with zero attached hydrogens (tertiary/aromatic N) is 2. The van der Waals surface area contributed by atoms with Gasteiger partial charge in [-0.15, -0.1) is 0 Å². The molecule has 4 atom stereocenters. The maximum absolute atomic E-state index is 14.7. The predicted molar refractivity (Wildman–Crippen MR) is 223 cm³/mol. The SMILES string of the molecule is CCC[C@H](NC(=O)[C@@H]1C[C@]2(CC(c3cccc(Cl)c3)=NO2)CN1C(=O)[C@@H](NC(=O)CC1CCCCC1)C(C)(C)C)C(=O)C(=O)NCCc1c[nH]c2cc(OC)ccc12. The number of oxime groups is 1. The number of methoxy groups -OCH3 is 1. The van der Waals surface area contributed by atoms with Crippen molar-refractivity contribution in [1.82, 2.24) is 25.8 Å². The van der Waals surface area contributed by atoms with Gasteiger partial charge in [-0.1, -0.05) is 82.3 Å². The van der Waals surface area contributed by atoms with Crippen LogP contribution in [0.2, 0.25) is 5.02 Å². The number of ether oxygens (including phenoxy) is 1. The van der Waals surface area contributed by atoms with Crippen molar-refractivity contribution in [1.29, 1.82) is 0 Å². The molecule has 6 rings (SSSR count). The number of fused-ring (bicyclic) bond motifs is 1. The Hall–Kier alpha value is -4.91. The minimum atomic E-state index is -1.12. The van der Waals surface area contributed by atoms with Crippen molar-refractivity contribution in [2.24, 2.45) is 16.5 Å². The maximum Gasteiger partial charge on any atom is 0.289 e. The van der Waals surface area contributed by atoms with E-state index in [9.17, 15) is 24.0 Å². The molecule has 1 spiro atoms. The molecule has 1 aliphatic carbocycles. The fraction of sp³-hybridized carbons (Fsp3) is 0.545. The number of amides is 4. The zero-order valence-electron chi connectivity index (χ0n) is 34.3. The molecular formula is C44H57ClN6O7. The third kappa shape index (κ3) is 10.0. The second kappa shape index (κ2) is 18.3. The molecule has 1 aromatic heterocycles. The van der Waals surface area contributed by atoms with Gasteiger partial charge in [0.25, 0.3) is 5.91 Å². The average molecular weight is 817 g/mol. The van der Waals surface area contributed by atoms with Crippen LogP contribution in [0.5, 0.6) is 5.75 Å². The van der Waals surface area contributed by atoms with E-state index in [1.807, 2.05) is 64.2 Å². The predicted octanol–water partition coefficient (Wildman–Crippen LogP) is 6.01. The Bertz CT molecular complexity index is 2030. The summed E-state index contributed by atoms with van der Waals surface area (Å²) in [6.45, 7) is 7.74. The topological polar surface area (TPSA) is 171 Å². The van der Waals surface area contributed by atoms with Gasteiger partial charge < -0.3 is 35.4 Å². The molecule has 2 fully saturated rings. The van der Waals surface area contributed by atoms with Crippen molar-refractivity contribution >= 4 is 57.6 Å². The number of likely N-dealkylation sites (tertiary alicyclic amines) is 1. The summed E-state index contributed by atoms with van der Waals surface area (Å²) in [5, 5.41) is 14.5. The summed E-state index contributed by atoms with van der Waals surface area (Å²) in [6, 6.07) is 9.79. The van der Waals surface area contributed by atoms with Crippen LogP contribution in [0.4, 0.5) is 0 Å². The first-order chi connectivity index (χ1) is 27.7. The molecule has 312 valence electrons. The second-order valence-corrected chi connectivity index (χ2v) is 17.6. The fourth-order valence-electron chi connectivity index (χ4n) is 8.52. The number of hydrogen-bond acceptors (Lipinski definition) is 8. The van der Waals surface area contributed by atoms with Gasteiger partial charge in [0.1, 0.15) is 17.8 Å². The number of benzene rings is 2. The number of Topliss-reactive ketones (excluding diaryl/α,β-unsaturated/α-hetero) is 1.